The predicted octanol–water partition coefficient (Wildman–Crippen LogP) is -1.72. The Bertz CT molecular complexity index is 109. The van der Waals surface area contributed by atoms with E-state index in [1.807, 2.05) is 0 Å². The Morgan fingerprint density at radius 3 is 1.44 bits per heavy atom. The molecule has 1 N–H and O–H groups in total. The molecule has 0 fully saturated rings. The van der Waals surface area contributed by atoms with E-state index < -0.39 is 10.4 Å². The van der Waals surface area contributed by atoms with Gasteiger partial charge in [-0.1, -0.05) is 0 Å². The van der Waals surface area contributed by atoms with Crippen LogP contribution in [0.1, 0.15) is 6.92 Å². The van der Waals surface area contributed by atoms with Gasteiger partial charge in [0.15, 0.2) is 0 Å². The molecule has 0 atom stereocenters. The van der Waals surface area contributed by atoms with Crippen molar-refractivity contribution >= 4 is 37.7 Å². The molecular formula is C2H6O5PbS. The molecule has 0 bridgehead atoms. The van der Waals surface area contributed by atoms with Gasteiger partial charge in [-0.05, 0) is 6.92 Å². The standard InChI is InChI=1S/C2H6O.H2O4S.Pb/c1-2-3;1-5(2,3)4;/h3H,2H2,1H3;(H2,1,2,3,4);/q;;+2/p-2. The first-order valence-corrected chi connectivity index (χ1v) is 3.02. The van der Waals surface area contributed by atoms with Gasteiger partial charge in [0.2, 0.25) is 0 Å². The van der Waals surface area contributed by atoms with Gasteiger partial charge in [-0.2, -0.15) is 0 Å². The summed E-state index contributed by atoms with van der Waals surface area (Å²) in [4.78, 5) is 0. The van der Waals surface area contributed by atoms with Crippen molar-refractivity contribution in [3.63, 3.8) is 0 Å². The second kappa shape index (κ2) is 8.75. The van der Waals surface area contributed by atoms with E-state index >= 15 is 0 Å². The van der Waals surface area contributed by atoms with Crippen LogP contribution >= 0.6 is 0 Å². The van der Waals surface area contributed by atoms with E-state index in [0.29, 0.717) is 0 Å². The van der Waals surface area contributed by atoms with Gasteiger partial charge in [-0.25, -0.2) is 0 Å². The number of aliphatic hydroxyl groups excluding tert-OH is 1. The normalized spacial score (nSPS) is 8.44. The van der Waals surface area contributed by atoms with Gasteiger partial charge < -0.3 is 14.2 Å². The van der Waals surface area contributed by atoms with E-state index in [2.05, 4.69) is 0 Å². The first-order chi connectivity index (χ1) is 3.41. The van der Waals surface area contributed by atoms with E-state index in [4.69, 9.17) is 22.6 Å². The molecule has 0 aliphatic heterocycles. The van der Waals surface area contributed by atoms with Crippen LogP contribution in [-0.4, -0.2) is 56.5 Å². The Hall–Kier alpha value is 0.752. The molecule has 7 heteroatoms. The van der Waals surface area contributed by atoms with Gasteiger partial charge >= 0.3 is 27.3 Å². The monoisotopic (exact) mass is 350 g/mol. The molecule has 0 rings (SSSR count). The van der Waals surface area contributed by atoms with E-state index in [-0.39, 0.29) is 33.9 Å². The zero-order chi connectivity index (χ0) is 7.21. The summed E-state index contributed by atoms with van der Waals surface area (Å²) in [5, 5.41) is 7.57. The Balaban J connectivity index is -0.0000000800. The molecule has 0 saturated heterocycles. The number of hydrogen-bond acceptors (Lipinski definition) is 5. The van der Waals surface area contributed by atoms with Crippen molar-refractivity contribution < 1.29 is 22.6 Å². The molecular weight excluding hydrogens is 343 g/mol. The number of hydrogen-bond donors (Lipinski definition) is 1. The first kappa shape index (κ1) is 16.4. The van der Waals surface area contributed by atoms with Crippen LogP contribution in [-0.2, 0) is 10.4 Å². The molecule has 0 spiro atoms. The summed E-state index contributed by atoms with van der Waals surface area (Å²) in [6.07, 6.45) is 0. The van der Waals surface area contributed by atoms with Gasteiger partial charge in [0.1, 0.15) is 0 Å². The van der Waals surface area contributed by atoms with Crippen molar-refractivity contribution in [3.05, 3.63) is 0 Å². The van der Waals surface area contributed by atoms with E-state index in [9.17, 15) is 0 Å². The molecule has 0 amide bonds. The molecule has 0 heterocycles. The van der Waals surface area contributed by atoms with Crippen LogP contribution in [0, 0.1) is 0 Å². The van der Waals surface area contributed by atoms with E-state index in [1.54, 1.807) is 6.92 Å². The smallest absolute Gasteiger partial charge is 0.759 e. The fraction of sp³-hybridized carbons (Fsp3) is 1.00. The summed E-state index contributed by atoms with van der Waals surface area (Å²) in [6.45, 7) is 1.93. The molecule has 9 heavy (non-hydrogen) atoms. The topological polar surface area (TPSA) is 100 Å². The zero-order valence-corrected chi connectivity index (χ0v) is 9.40. The van der Waals surface area contributed by atoms with Crippen molar-refractivity contribution in [2.75, 3.05) is 6.61 Å². The summed E-state index contributed by atoms with van der Waals surface area (Å²) in [5.41, 5.74) is 0. The van der Waals surface area contributed by atoms with Crippen LogP contribution in [0.3, 0.4) is 0 Å². The molecule has 2 radical (unpaired) electrons. The van der Waals surface area contributed by atoms with Crippen molar-refractivity contribution in [1.82, 2.24) is 0 Å². The molecule has 0 aromatic carbocycles. The van der Waals surface area contributed by atoms with Crippen LogP contribution < -0.4 is 0 Å². The van der Waals surface area contributed by atoms with Gasteiger partial charge in [-0.3, -0.25) is 8.42 Å². The predicted molar refractivity (Wildman–Crippen MR) is 29.0 cm³/mol. The van der Waals surface area contributed by atoms with Crippen molar-refractivity contribution in [2.24, 2.45) is 0 Å². The largest absolute Gasteiger partial charge is 2.00 e. The maximum Gasteiger partial charge on any atom is 2.00 e. The van der Waals surface area contributed by atoms with Gasteiger partial charge in [0.25, 0.3) is 0 Å². The second-order valence-electron chi connectivity index (χ2n) is 0.724. The van der Waals surface area contributed by atoms with Crippen LogP contribution in [0.2, 0.25) is 0 Å². The summed E-state index contributed by atoms with van der Waals surface area (Å²) in [7, 11) is -5.17. The molecule has 0 aromatic heterocycles. The van der Waals surface area contributed by atoms with Crippen molar-refractivity contribution in [3.8, 4) is 0 Å². The molecule has 0 aromatic rings. The zero-order valence-electron chi connectivity index (χ0n) is 4.70. The third kappa shape index (κ3) is 705. The average Bonchev–Trinajstić information content (AvgIpc) is 1.27. The van der Waals surface area contributed by atoms with Crippen LogP contribution in [0.25, 0.3) is 0 Å². The summed E-state index contributed by atoms with van der Waals surface area (Å²) >= 11 is 0. The molecule has 54 valence electrons. The Labute approximate surface area is 73.8 Å². The SMILES string of the molecule is CCO.O=S(=O)([O-])[O-].[Pb+2]. The molecule has 0 aliphatic carbocycles. The number of rotatable bonds is 0. The fourth-order valence-electron chi connectivity index (χ4n) is 0. The second-order valence-corrected chi connectivity index (χ2v) is 1.54. The Morgan fingerprint density at radius 1 is 1.44 bits per heavy atom. The molecule has 0 saturated carbocycles. The minimum absolute atomic E-state index is 0. The summed E-state index contributed by atoms with van der Waals surface area (Å²) in [5.74, 6) is 0. The third-order valence-corrected chi connectivity index (χ3v) is 0. The summed E-state index contributed by atoms with van der Waals surface area (Å²) in [6, 6.07) is 0. The first-order valence-electron chi connectivity index (χ1n) is 1.69. The maximum atomic E-state index is 8.52. The molecule has 5 nitrogen and oxygen atoms in total. The Kier molecular flexibility index (Phi) is 15.9. The van der Waals surface area contributed by atoms with Crippen LogP contribution in [0.4, 0.5) is 0 Å². The molecule has 0 unspecified atom stereocenters. The van der Waals surface area contributed by atoms with Crippen LogP contribution in [0.15, 0.2) is 0 Å². The fourth-order valence-corrected chi connectivity index (χ4v) is 0. The van der Waals surface area contributed by atoms with Crippen molar-refractivity contribution in [1.29, 1.82) is 0 Å². The third-order valence-electron chi connectivity index (χ3n) is 0. The van der Waals surface area contributed by atoms with Gasteiger partial charge in [-0.15, -0.1) is 0 Å². The minimum Gasteiger partial charge on any atom is -0.759 e. The maximum absolute atomic E-state index is 8.52. The Morgan fingerprint density at radius 2 is 1.44 bits per heavy atom. The average molecular weight is 349 g/mol. The summed E-state index contributed by atoms with van der Waals surface area (Å²) < 4.78 is 34.1. The van der Waals surface area contributed by atoms with E-state index in [1.165, 1.54) is 0 Å². The molecule has 0 aliphatic rings. The van der Waals surface area contributed by atoms with Gasteiger partial charge in [0, 0.05) is 17.0 Å². The van der Waals surface area contributed by atoms with Gasteiger partial charge in [0.05, 0.1) is 0 Å². The minimum atomic E-state index is -5.17. The van der Waals surface area contributed by atoms with Crippen LogP contribution in [0.5, 0.6) is 0 Å². The van der Waals surface area contributed by atoms with Crippen molar-refractivity contribution in [2.45, 2.75) is 6.92 Å². The van der Waals surface area contributed by atoms with E-state index in [0.717, 1.165) is 0 Å². The number of aliphatic hydroxyl groups is 1. The quantitative estimate of drug-likeness (QED) is 0.319.